The SMILES string of the molecule is C=C1C[C@H](C)C(C)(C)C(C)C([C@@H](C)C[C@H](C)C(CC2CC(C)[C@H]2C)C(C)CCC)[C@@H]1N(C)C. The molecule has 0 bridgehead atoms. The van der Waals surface area contributed by atoms with Crippen LogP contribution >= 0.6 is 0 Å². The Hall–Kier alpha value is -0.300. The number of likely N-dealkylation sites (N-methyl/N-ethyl adjacent to an activating group) is 1. The van der Waals surface area contributed by atoms with Crippen molar-refractivity contribution in [3.05, 3.63) is 12.2 Å². The molecule has 0 radical (unpaired) electrons. The summed E-state index contributed by atoms with van der Waals surface area (Å²) in [6, 6.07) is 0.505. The summed E-state index contributed by atoms with van der Waals surface area (Å²) < 4.78 is 0. The van der Waals surface area contributed by atoms with Crippen molar-refractivity contribution in [2.75, 3.05) is 14.1 Å². The first kappa shape index (κ1) is 28.9. The summed E-state index contributed by atoms with van der Waals surface area (Å²) in [5.74, 6) is 8.15. The number of nitrogens with zero attached hydrogens (tertiary/aromatic N) is 1. The van der Waals surface area contributed by atoms with E-state index in [4.69, 9.17) is 0 Å². The standard InChI is InChI=1S/C32H61N/c1-14-15-20(2)29(19-28-18-21(3)26(28)8)22(4)16-23(5)30-27(9)32(10,11)25(7)17-24(6)31(30)33(12)13/h20-23,25-31H,6,14-19H2,1-5,7-13H3/t20?,21?,22-,23-,25-,26+,27?,28?,29?,30?,31+/m0/s1. The first-order chi connectivity index (χ1) is 15.2. The van der Waals surface area contributed by atoms with Crippen LogP contribution in [-0.2, 0) is 0 Å². The molecule has 33 heavy (non-hydrogen) atoms. The molecule has 194 valence electrons. The van der Waals surface area contributed by atoms with Crippen molar-refractivity contribution in [1.29, 1.82) is 0 Å². The van der Waals surface area contributed by atoms with Gasteiger partial charge in [0.15, 0.2) is 0 Å². The molecule has 0 aliphatic heterocycles. The Kier molecular flexibility index (Phi) is 10.2. The van der Waals surface area contributed by atoms with E-state index < -0.39 is 0 Å². The molecular formula is C32H61N. The van der Waals surface area contributed by atoms with E-state index in [2.05, 4.69) is 94.8 Å². The fourth-order valence-corrected chi connectivity index (χ4v) is 8.23. The zero-order valence-corrected chi connectivity index (χ0v) is 24.7. The Morgan fingerprint density at radius 3 is 2.12 bits per heavy atom. The molecule has 0 heterocycles. The normalized spacial score (nSPS) is 38.3. The van der Waals surface area contributed by atoms with Crippen LogP contribution < -0.4 is 0 Å². The summed E-state index contributed by atoms with van der Waals surface area (Å²) in [5, 5.41) is 0. The molecule has 0 aromatic carbocycles. The molecule has 2 aliphatic carbocycles. The lowest BCUT2D eigenvalue weighted by atomic mass is 9.59. The molecule has 0 aromatic heterocycles. The smallest absolute Gasteiger partial charge is 0.0332 e. The summed E-state index contributed by atoms with van der Waals surface area (Å²) in [6.45, 7) is 29.8. The molecule has 2 rings (SSSR count). The van der Waals surface area contributed by atoms with Crippen molar-refractivity contribution in [1.82, 2.24) is 4.90 Å². The Bertz CT molecular complexity index is 618. The van der Waals surface area contributed by atoms with Crippen LogP contribution in [0.25, 0.3) is 0 Å². The zero-order chi connectivity index (χ0) is 25.2. The van der Waals surface area contributed by atoms with Gasteiger partial charge < -0.3 is 4.90 Å². The van der Waals surface area contributed by atoms with Crippen LogP contribution in [0.2, 0.25) is 0 Å². The van der Waals surface area contributed by atoms with Crippen LogP contribution in [0.5, 0.6) is 0 Å². The van der Waals surface area contributed by atoms with Gasteiger partial charge in [0.1, 0.15) is 0 Å². The summed E-state index contributed by atoms with van der Waals surface area (Å²) in [4.78, 5) is 2.49. The van der Waals surface area contributed by atoms with Gasteiger partial charge in [-0.2, -0.15) is 0 Å². The van der Waals surface area contributed by atoms with E-state index in [0.717, 1.165) is 41.4 Å². The first-order valence-corrected chi connectivity index (χ1v) is 14.6. The van der Waals surface area contributed by atoms with Gasteiger partial charge in [-0.25, -0.2) is 0 Å². The molecule has 2 saturated carbocycles. The summed E-state index contributed by atoms with van der Waals surface area (Å²) in [6.07, 6.45) is 8.19. The maximum absolute atomic E-state index is 4.66. The summed E-state index contributed by atoms with van der Waals surface area (Å²) in [5.41, 5.74) is 1.82. The lowest BCUT2D eigenvalue weighted by Crippen LogP contribution is -2.45. The third-order valence-corrected chi connectivity index (χ3v) is 11.4. The van der Waals surface area contributed by atoms with E-state index in [1.807, 2.05) is 0 Å². The van der Waals surface area contributed by atoms with Crippen LogP contribution in [0.15, 0.2) is 12.2 Å². The van der Waals surface area contributed by atoms with Crippen LogP contribution in [0, 0.1) is 64.6 Å². The van der Waals surface area contributed by atoms with Crippen LogP contribution in [0.3, 0.4) is 0 Å². The van der Waals surface area contributed by atoms with E-state index in [1.165, 1.54) is 44.1 Å². The van der Waals surface area contributed by atoms with Gasteiger partial charge in [-0.3, -0.25) is 0 Å². The van der Waals surface area contributed by atoms with Crippen molar-refractivity contribution in [3.8, 4) is 0 Å². The minimum atomic E-state index is 0.349. The average Bonchev–Trinajstić information content (AvgIpc) is 2.78. The topological polar surface area (TPSA) is 3.24 Å². The van der Waals surface area contributed by atoms with Crippen LogP contribution in [-0.4, -0.2) is 25.0 Å². The zero-order valence-electron chi connectivity index (χ0n) is 24.7. The van der Waals surface area contributed by atoms with Gasteiger partial charge in [0, 0.05) is 6.04 Å². The van der Waals surface area contributed by atoms with Gasteiger partial charge in [0.05, 0.1) is 0 Å². The van der Waals surface area contributed by atoms with Crippen molar-refractivity contribution in [2.24, 2.45) is 64.6 Å². The van der Waals surface area contributed by atoms with E-state index >= 15 is 0 Å². The maximum atomic E-state index is 4.66. The molecule has 2 fully saturated rings. The first-order valence-electron chi connectivity index (χ1n) is 14.6. The average molecular weight is 460 g/mol. The number of rotatable bonds is 10. The number of hydrogen-bond donors (Lipinski definition) is 0. The van der Waals surface area contributed by atoms with Crippen molar-refractivity contribution in [3.63, 3.8) is 0 Å². The second-order valence-electron chi connectivity index (χ2n) is 14.0. The lowest BCUT2D eigenvalue weighted by Gasteiger charge is -2.47. The van der Waals surface area contributed by atoms with Gasteiger partial charge in [-0.05, 0) is 104 Å². The molecule has 0 amide bonds. The predicted octanol–water partition coefficient (Wildman–Crippen LogP) is 9.19. The highest BCUT2D eigenvalue weighted by molar-refractivity contribution is 5.15. The van der Waals surface area contributed by atoms with E-state index in [1.54, 1.807) is 0 Å². The molecule has 1 nitrogen and oxygen atoms in total. The highest BCUT2D eigenvalue weighted by atomic mass is 15.1. The van der Waals surface area contributed by atoms with Crippen molar-refractivity contribution >= 4 is 0 Å². The van der Waals surface area contributed by atoms with Crippen molar-refractivity contribution < 1.29 is 0 Å². The second-order valence-corrected chi connectivity index (χ2v) is 14.0. The molecular weight excluding hydrogens is 398 g/mol. The summed E-state index contributed by atoms with van der Waals surface area (Å²) >= 11 is 0. The fourth-order valence-electron chi connectivity index (χ4n) is 8.23. The third kappa shape index (κ3) is 6.29. The van der Waals surface area contributed by atoms with Gasteiger partial charge in [0.2, 0.25) is 0 Å². The Labute approximate surface area is 209 Å². The molecule has 1 heteroatoms. The monoisotopic (exact) mass is 459 g/mol. The highest BCUT2D eigenvalue weighted by Gasteiger charge is 2.47. The Morgan fingerprint density at radius 1 is 1.03 bits per heavy atom. The highest BCUT2D eigenvalue weighted by Crippen LogP contribution is 2.52. The maximum Gasteiger partial charge on any atom is 0.0332 e. The minimum absolute atomic E-state index is 0.349. The molecule has 11 atom stereocenters. The van der Waals surface area contributed by atoms with Crippen LogP contribution in [0.4, 0.5) is 0 Å². The van der Waals surface area contributed by atoms with Crippen molar-refractivity contribution in [2.45, 2.75) is 114 Å². The van der Waals surface area contributed by atoms with Gasteiger partial charge in [-0.1, -0.05) is 94.2 Å². The number of hydrogen-bond acceptors (Lipinski definition) is 1. The molecule has 0 N–H and O–H groups in total. The molecule has 6 unspecified atom stereocenters. The van der Waals surface area contributed by atoms with E-state index in [0.29, 0.717) is 29.2 Å². The van der Waals surface area contributed by atoms with E-state index in [9.17, 15) is 0 Å². The largest absolute Gasteiger partial charge is 0.302 e. The van der Waals surface area contributed by atoms with Gasteiger partial charge >= 0.3 is 0 Å². The van der Waals surface area contributed by atoms with Crippen LogP contribution in [0.1, 0.15) is 108 Å². The van der Waals surface area contributed by atoms with E-state index in [-0.39, 0.29) is 0 Å². The molecule has 0 spiro atoms. The molecule has 2 aliphatic rings. The Morgan fingerprint density at radius 2 is 1.64 bits per heavy atom. The quantitative estimate of drug-likeness (QED) is 0.232. The van der Waals surface area contributed by atoms with Gasteiger partial charge in [-0.15, -0.1) is 0 Å². The molecule has 0 saturated heterocycles. The van der Waals surface area contributed by atoms with Gasteiger partial charge in [0.25, 0.3) is 0 Å². The lowest BCUT2D eigenvalue weighted by molar-refractivity contribution is 0.0255. The molecule has 0 aromatic rings. The third-order valence-electron chi connectivity index (χ3n) is 11.4. The second kappa shape index (κ2) is 11.6. The predicted molar refractivity (Wildman–Crippen MR) is 148 cm³/mol. The fraction of sp³-hybridized carbons (Fsp3) is 0.938. The minimum Gasteiger partial charge on any atom is -0.302 e. The summed E-state index contributed by atoms with van der Waals surface area (Å²) in [7, 11) is 4.58. The Balaban J connectivity index is 2.25.